The smallest absolute Gasteiger partial charge is 0.0474 e. The van der Waals surface area contributed by atoms with E-state index in [9.17, 15) is 0 Å². The highest BCUT2D eigenvalue weighted by atomic mass is 35.5. The highest BCUT2D eigenvalue weighted by Gasteiger charge is 2.10. The van der Waals surface area contributed by atoms with E-state index in [1.807, 2.05) is 19.1 Å². The lowest BCUT2D eigenvalue weighted by molar-refractivity contribution is 0.413. The normalized spacial score (nSPS) is 12.8. The first-order valence-corrected chi connectivity index (χ1v) is 7.28. The molecule has 1 atom stereocenters. The van der Waals surface area contributed by atoms with Crippen LogP contribution in [-0.4, -0.2) is 38.6 Å². The standard InChI is InChI=1S/C15H26ClN3/c1-5-8-19(10-9-18(3)4)13-6-7-14(12(2)17)15(16)11-13/h6-7,11-12H,5,8-10,17H2,1-4H3. The summed E-state index contributed by atoms with van der Waals surface area (Å²) in [5, 5.41) is 0.762. The Morgan fingerprint density at radius 1 is 1.21 bits per heavy atom. The molecule has 0 spiro atoms. The van der Waals surface area contributed by atoms with E-state index in [0.29, 0.717) is 0 Å². The van der Waals surface area contributed by atoms with Crippen molar-refractivity contribution in [3.8, 4) is 0 Å². The minimum atomic E-state index is -0.0250. The van der Waals surface area contributed by atoms with Crippen LogP contribution in [0.4, 0.5) is 5.69 Å². The first-order chi connectivity index (χ1) is 8.95. The van der Waals surface area contributed by atoms with Gasteiger partial charge in [-0.25, -0.2) is 0 Å². The summed E-state index contributed by atoms with van der Waals surface area (Å²) in [7, 11) is 4.19. The van der Waals surface area contributed by atoms with Gasteiger partial charge in [0.15, 0.2) is 0 Å². The second-order valence-electron chi connectivity index (χ2n) is 5.28. The summed E-state index contributed by atoms with van der Waals surface area (Å²) in [6.07, 6.45) is 1.13. The van der Waals surface area contributed by atoms with E-state index in [2.05, 4.69) is 36.9 Å². The van der Waals surface area contributed by atoms with Gasteiger partial charge < -0.3 is 15.5 Å². The van der Waals surface area contributed by atoms with Gasteiger partial charge in [0.2, 0.25) is 0 Å². The second-order valence-corrected chi connectivity index (χ2v) is 5.69. The largest absolute Gasteiger partial charge is 0.370 e. The molecule has 2 N–H and O–H groups in total. The molecule has 0 saturated heterocycles. The lowest BCUT2D eigenvalue weighted by Crippen LogP contribution is -2.32. The number of benzene rings is 1. The van der Waals surface area contributed by atoms with Gasteiger partial charge in [0.25, 0.3) is 0 Å². The number of nitrogens with zero attached hydrogens (tertiary/aromatic N) is 2. The van der Waals surface area contributed by atoms with Crippen molar-refractivity contribution >= 4 is 17.3 Å². The van der Waals surface area contributed by atoms with Crippen molar-refractivity contribution in [3.63, 3.8) is 0 Å². The maximum absolute atomic E-state index is 6.31. The highest BCUT2D eigenvalue weighted by Crippen LogP contribution is 2.27. The second kappa shape index (κ2) is 7.73. The number of rotatable bonds is 7. The van der Waals surface area contributed by atoms with E-state index in [1.54, 1.807) is 0 Å². The van der Waals surface area contributed by atoms with Gasteiger partial charge in [-0.15, -0.1) is 0 Å². The molecule has 108 valence electrons. The predicted molar refractivity (Wildman–Crippen MR) is 85.1 cm³/mol. The number of hydrogen-bond donors (Lipinski definition) is 1. The molecule has 19 heavy (non-hydrogen) atoms. The summed E-state index contributed by atoms with van der Waals surface area (Å²) < 4.78 is 0. The fourth-order valence-electron chi connectivity index (χ4n) is 2.04. The number of likely N-dealkylation sites (N-methyl/N-ethyl adjacent to an activating group) is 1. The fourth-order valence-corrected chi connectivity index (χ4v) is 2.39. The summed E-state index contributed by atoms with van der Waals surface area (Å²) >= 11 is 6.31. The molecule has 0 bridgehead atoms. The van der Waals surface area contributed by atoms with Crippen LogP contribution >= 0.6 is 11.6 Å². The number of nitrogens with two attached hydrogens (primary N) is 1. The molecule has 0 radical (unpaired) electrons. The zero-order valence-corrected chi connectivity index (χ0v) is 13.2. The first kappa shape index (κ1) is 16.3. The average molecular weight is 284 g/mol. The molecule has 1 unspecified atom stereocenters. The molecule has 0 fully saturated rings. The topological polar surface area (TPSA) is 32.5 Å². The molecule has 3 nitrogen and oxygen atoms in total. The van der Waals surface area contributed by atoms with E-state index in [1.165, 1.54) is 5.69 Å². The quantitative estimate of drug-likeness (QED) is 0.834. The van der Waals surface area contributed by atoms with E-state index in [-0.39, 0.29) is 6.04 Å². The van der Waals surface area contributed by atoms with E-state index < -0.39 is 0 Å². The van der Waals surface area contributed by atoms with Gasteiger partial charge in [0.05, 0.1) is 0 Å². The SMILES string of the molecule is CCCN(CCN(C)C)c1ccc(C(C)N)c(Cl)c1. The van der Waals surface area contributed by atoms with E-state index in [4.69, 9.17) is 17.3 Å². The van der Waals surface area contributed by atoms with Crippen LogP contribution in [0.2, 0.25) is 5.02 Å². The van der Waals surface area contributed by atoms with Crippen LogP contribution in [0, 0.1) is 0 Å². The number of hydrogen-bond acceptors (Lipinski definition) is 3. The molecule has 0 aliphatic heterocycles. The van der Waals surface area contributed by atoms with Crippen molar-refractivity contribution in [1.29, 1.82) is 0 Å². The monoisotopic (exact) mass is 283 g/mol. The Morgan fingerprint density at radius 2 is 1.89 bits per heavy atom. The molecule has 1 rings (SSSR count). The minimum Gasteiger partial charge on any atom is -0.370 e. The van der Waals surface area contributed by atoms with Gasteiger partial charge in [-0.2, -0.15) is 0 Å². The van der Waals surface area contributed by atoms with Crippen LogP contribution in [-0.2, 0) is 0 Å². The van der Waals surface area contributed by atoms with Gasteiger partial charge >= 0.3 is 0 Å². The summed E-state index contributed by atoms with van der Waals surface area (Å²) in [4.78, 5) is 4.57. The van der Waals surface area contributed by atoms with Crippen molar-refractivity contribution in [2.45, 2.75) is 26.3 Å². The maximum atomic E-state index is 6.31. The number of halogens is 1. The summed E-state index contributed by atoms with van der Waals surface area (Å²) in [5.41, 5.74) is 8.08. The van der Waals surface area contributed by atoms with Crippen molar-refractivity contribution in [2.24, 2.45) is 5.73 Å². The van der Waals surface area contributed by atoms with Crippen LogP contribution in [0.25, 0.3) is 0 Å². The molecule has 0 aliphatic rings. The van der Waals surface area contributed by atoms with Gasteiger partial charge in [-0.05, 0) is 45.1 Å². The van der Waals surface area contributed by atoms with Gasteiger partial charge in [0.1, 0.15) is 0 Å². The Balaban J connectivity index is 2.87. The average Bonchev–Trinajstić information content (AvgIpc) is 2.33. The fraction of sp³-hybridized carbons (Fsp3) is 0.600. The zero-order chi connectivity index (χ0) is 14.4. The number of anilines is 1. The van der Waals surface area contributed by atoms with Crippen LogP contribution < -0.4 is 10.6 Å². The molecule has 0 saturated carbocycles. The van der Waals surface area contributed by atoms with Crippen LogP contribution in [0.3, 0.4) is 0 Å². The third-order valence-electron chi connectivity index (χ3n) is 3.15. The molecule has 4 heteroatoms. The van der Waals surface area contributed by atoms with Crippen molar-refractivity contribution in [3.05, 3.63) is 28.8 Å². The highest BCUT2D eigenvalue weighted by molar-refractivity contribution is 6.31. The Morgan fingerprint density at radius 3 is 2.37 bits per heavy atom. The lowest BCUT2D eigenvalue weighted by Gasteiger charge is -2.26. The third-order valence-corrected chi connectivity index (χ3v) is 3.48. The Bertz CT molecular complexity index is 391. The summed E-state index contributed by atoms with van der Waals surface area (Å²) in [6, 6.07) is 6.17. The maximum Gasteiger partial charge on any atom is 0.0474 e. The van der Waals surface area contributed by atoms with Crippen molar-refractivity contribution < 1.29 is 0 Å². The molecule has 0 amide bonds. The molecule has 0 aliphatic carbocycles. The Kier molecular flexibility index (Phi) is 6.63. The van der Waals surface area contributed by atoms with Crippen molar-refractivity contribution in [1.82, 2.24) is 4.90 Å². The molecular formula is C15H26ClN3. The molecule has 1 aromatic rings. The zero-order valence-electron chi connectivity index (χ0n) is 12.5. The first-order valence-electron chi connectivity index (χ1n) is 6.90. The van der Waals surface area contributed by atoms with Gasteiger partial charge in [-0.3, -0.25) is 0 Å². The summed E-state index contributed by atoms with van der Waals surface area (Å²) in [6.45, 7) is 7.24. The Hall–Kier alpha value is -0.770. The van der Waals surface area contributed by atoms with Crippen molar-refractivity contribution in [2.75, 3.05) is 38.6 Å². The van der Waals surface area contributed by atoms with E-state index >= 15 is 0 Å². The van der Waals surface area contributed by atoms with Gasteiger partial charge in [0, 0.05) is 36.4 Å². The Labute approximate surface area is 122 Å². The molecule has 0 aromatic heterocycles. The van der Waals surface area contributed by atoms with Crippen LogP contribution in [0.15, 0.2) is 18.2 Å². The lowest BCUT2D eigenvalue weighted by atomic mass is 10.1. The van der Waals surface area contributed by atoms with Crippen LogP contribution in [0.5, 0.6) is 0 Å². The molecule has 0 heterocycles. The van der Waals surface area contributed by atoms with E-state index in [0.717, 1.165) is 36.6 Å². The summed E-state index contributed by atoms with van der Waals surface area (Å²) in [5.74, 6) is 0. The third kappa shape index (κ3) is 5.01. The molecule has 1 aromatic carbocycles. The van der Waals surface area contributed by atoms with Gasteiger partial charge in [-0.1, -0.05) is 24.6 Å². The predicted octanol–water partition coefficient (Wildman–Crippen LogP) is 3.14. The van der Waals surface area contributed by atoms with Crippen LogP contribution in [0.1, 0.15) is 31.9 Å². The molecular weight excluding hydrogens is 258 g/mol. The minimum absolute atomic E-state index is 0.0250.